The third kappa shape index (κ3) is 3.01. The Balaban J connectivity index is 2.05. The Bertz CT molecular complexity index is 657. The third-order valence-corrected chi connectivity index (χ3v) is 4.93. The fourth-order valence-electron chi connectivity index (χ4n) is 1.64. The molecule has 2 heterocycles. The summed E-state index contributed by atoms with van der Waals surface area (Å²) in [4.78, 5) is 0. The molecule has 0 aromatic carbocycles. The Morgan fingerprint density at radius 2 is 2.11 bits per heavy atom. The van der Waals surface area contributed by atoms with E-state index >= 15 is 0 Å². The predicted octanol–water partition coefficient (Wildman–Crippen LogP) is -0.168. The topological polar surface area (TPSA) is 94.7 Å². The zero-order valence-electron chi connectivity index (χ0n) is 10.4. The van der Waals surface area contributed by atoms with Crippen molar-refractivity contribution >= 4 is 26.0 Å². The highest BCUT2D eigenvalue weighted by molar-refractivity contribution is 9.10. The fourth-order valence-corrected chi connectivity index (χ4v) is 3.76. The van der Waals surface area contributed by atoms with Gasteiger partial charge in [0.1, 0.15) is 0 Å². The van der Waals surface area contributed by atoms with Crippen molar-refractivity contribution in [2.24, 2.45) is 14.1 Å². The zero-order chi connectivity index (χ0) is 14.0. The Labute approximate surface area is 119 Å². The van der Waals surface area contributed by atoms with Crippen LogP contribution in [0.4, 0.5) is 0 Å². The lowest BCUT2D eigenvalue weighted by molar-refractivity contribution is 0.559. The van der Waals surface area contributed by atoms with E-state index in [0.29, 0.717) is 6.42 Å². The molecule has 0 unspecified atom stereocenters. The van der Waals surface area contributed by atoms with Crippen LogP contribution in [0.5, 0.6) is 0 Å². The molecule has 1 N–H and O–H groups in total. The maximum Gasteiger partial charge on any atom is 0.260 e. The summed E-state index contributed by atoms with van der Waals surface area (Å²) in [5.74, 6) is 0. The summed E-state index contributed by atoms with van der Waals surface area (Å²) in [5, 5.41) is 11.3. The van der Waals surface area contributed by atoms with Crippen LogP contribution in [0.1, 0.15) is 5.69 Å². The number of sulfonamides is 1. The molecule has 0 aliphatic heterocycles. The molecule has 8 nitrogen and oxygen atoms in total. The molecule has 0 aliphatic rings. The Morgan fingerprint density at radius 3 is 2.63 bits per heavy atom. The lowest BCUT2D eigenvalue weighted by atomic mass is 10.3. The van der Waals surface area contributed by atoms with Crippen LogP contribution in [0.3, 0.4) is 0 Å². The average molecular weight is 349 g/mol. The molecule has 104 valence electrons. The van der Waals surface area contributed by atoms with E-state index < -0.39 is 10.0 Å². The normalized spacial score (nSPS) is 11.9. The van der Waals surface area contributed by atoms with E-state index in [1.807, 2.05) is 13.1 Å². The third-order valence-electron chi connectivity index (χ3n) is 2.59. The number of nitrogens with one attached hydrogen (secondary N) is 1. The van der Waals surface area contributed by atoms with Crippen molar-refractivity contribution in [1.29, 1.82) is 0 Å². The van der Waals surface area contributed by atoms with Crippen LogP contribution in [0.25, 0.3) is 0 Å². The minimum Gasteiger partial charge on any atom is -0.273 e. The summed E-state index contributed by atoms with van der Waals surface area (Å²) in [6.45, 7) is 0.277. The van der Waals surface area contributed by atoms with Crippen molar-refractivity contribution in [3.05, 3.63) is 22.6 Å². The highest BCUT2D eigenvalue weighted by Crippen LogP contribution is 2.17. The second kappa shape index (κ2) is 5.39. The predicted molar refractivity (Wildman–Crippen MR) is 70.8 cm³/mol. The van der Waals surface area contributed by atoms with Crippen molar-refractivity contribution in [2.75, 3.05) is 6.54 Å². The number of aromatic nitrogens is 5. The molecule has 2 aromatic heterocycles. The summed E-state index contributed by atoms with van der Waals surface area (Å²) >= 11 is 3.07. The number of halogens is 1. The van der Waals surface area contributed by atoms with Gasteiger partial charge in [-0.05, 0) is 22.0 Å². The Hall–Kier alpha value is -1.26. The SMILES string of the molecule is Cn1nccc1CCNS(=O)(=O)c1c(Br)nnn1C. The number of hydrogen-bond donors (Lipinski definition) is 1. The Morgan fingerprint density at radius 1 is 1.37 bits per heavy atom. The van der Waals surface area contributed by atoms with Crippen molar-refractivity contribution in [3.63, 3.8) is 0 Å². The zero-order valence-corrected chi connectivity index (χ0v) is 12.8. The molecule has 2 rings (SSSR count). The van der Waals surface area contributed by atoms with Gasteiger partial charge in [-0.2, -0.15) is 5.10 Å². The first-order valence-corrected chi connectivity index (χ1v) is 7.71. The maximum atomic E-state index is 12.1. The second-order valence-corrected chi connectivity index (χ2v) is 6.34. The van der Waals surface area contributed by atoms with E-state index in [1.54, 1.807) is 10.9 Å². The molecule has 0 bridgehead atoms. The van der Waals surface area contributed by atoms with E-state index in [4.69, 9.17) is 0 Å². The molecule has 0 amide bonds. The van der Waals surface area contributed by atoms with Gasteiger partial charge < -0.3 is 0 Å². The number of aryl methyl sites for hydroxylation is 2. The first kappa shape index (κ1) is 14.2. The quantitative estimate of drug-likeness (QED) is 0.809. The van der Waals surface area contributed by atoms with Crippen molar-refractivity contribution in [2.45, 2.75) is 11.4 Å². The largest absolute Gasteiger partial charge is 0.273 e. The summed E-state index contributed by atoms with van der Waals surface area (Å²) in [7, 11) is -0.301. The number of hydrogen-bond acceptors (Lipinski definition) is 5. The molecule has 0 fully saturated rings. The minimum atomic E-state index is -3.63. The van der Waals surface area contributed by atoms with Crippen LogP contribution in [-0.2, 0) is 30.5 Å². The van der Waals surface area contributed by atoms with Crippen molar-refractivity contribution in [3.8, 4) is 0 Å². The Kier molecular flexibility index (Phi) is 4.02. The van der Waals surface area contributed by atoms with Crippen LogP contribution in [0.2, 0.25) is 0 Å². The van der Waals surface area contributed by atoms with Crippen molar-refractivity contribution in [1.82, 2.24) is 29.5 Å². The van der Waals surface area contributed by atoms with E-state index in [1.165, 1.54) is 11.7 Å². The minimum absolute atomic E-state index is 0.0116. The molecule has 0 saturated carbocycles. The van der Waals surface area contributed by atoms with E-state index in [0.717, 1.165) is 5.69 Å². The molecule has 0 atom stereocenters. The summed E-state index contributed by atoms with van der Waals surface area (Å²) < 4.78 is 29.8. The summed E-state index contributed by atoms with van der Waals surface area (Å²) in [6.07, 6.45) is 2.23. The standard InChI is InChI=1S/C9H13BrN6O2S/c1-15-7(3-5-11-15)4-6-12-19(17,18)9-8(10)13-14-16(9)2/h3,5,12H,4,6H2,1-2H3. The van der Waals surface area contributed by atoms with Gasteiger partial charge >= 0.3 is 0 Å². The molecule has 0 radical (unpaired) electrons. The lowest BCUT2D eigenvalue weighted by Crippen LogP contribution is -2.28. The molecule has 0 saturated heterocycles. The van der Waals surface area contributed by atoms with E-state index in [-0.39, 0.29) is 16.2 Å². The molecule has 0 spiro atoms. The van der Waals surface area contributed by atoms with Gasteiger partial charge in [-0.25, -0.2) is 17.8 Å². The van der Waals surface area contributed by atoms with Crippen LogP contribution < -0.4 is 4.72 Å². The van der Waals surface area contributed by atoms with E-state index in [9.17, 15) is 8.42 Å². The summed E-state index contributed by atoms with van der Waals surface area (Å²) in [6, 6.07) is 1.84. The first-order chi connectivity index (χ1) is 8.92. The number of rotatable bonds is 5. The van der Waals surface area contributed by atoms with Crippen molar-refractivity contribution < 1.29 is 8.42 Å². The highest BCUT2D eigenvalue weighted by atomic mass is 79.9. The van der Waals surface area contributed by atoms with Gasteiger partial charge in [0.15, 0.2) is 4.60 Å². The van der Waals surface area contributed by atoms with Crippen LogP contribution >= 0.6 is 15.9 Å². The van der Waals surface area contributed by atoms with Gasteiger partial charge in [0.05, 0.1) is 0 Å². The second-order valence-electron chi connectivity index (χ2n) is 3.90. The molecule has 2 aromatic rings. The fraction of sp³-hybridized carbons (Fsp3) is 0.444. The van der Waals surface area contributed by atoms with Crippen LogP contribution in [0, 0.1) is 0 Å². The molecule has 10 heteroatoms. The average Bonchev–Trinajstić information content (AvgIpc) is 2.86. The van der Waals surface area contributed by atoms with Gasteiger partial charge in [-0.1, -0.05) is 5.21 Å². The molecular weight excluding hydrogens is 336 g/mol. The molecular formula is C9H13BrN6O2S. The molecule has 0 aliphatic carbocycles. The van der Waals surface area contributed by atoms with E-state index in [2.05, 4.69) is 36.1 Å². The van der Waals surface area contributed by atoms with Gasteiger partial charge in [-0.15, -0.1) is 5.10 Å². The summed E-state index contributed by atoms with van der Waals surface area (Å²) in [5.41, 5.74) is 0.949. The van der Waals surface area contributed by atoms with Gasteiger partial charge in [0.25, 0.3) is 10.0 Å². The van der Waals surface area contributed by atoms with Crippen LogP contribution in [0.15, 0.2) is 21.9 Å². The highest BCUT2D eigenvalue weighted by Gasteiger charge is 2.23. The monoisotopic (exact) mass is 348 g/mol. The number of nitrogens with zero attached hydrogens (tertiary/aromatic N) is 5. The lowest BCUT2D eigenvalue weighted by Gasteiger charge is -2.06. The molecule has 19 heavy (non-hydrogen) atoms. The van der Waals surface area contributed by atoms with Gasteiger partial charge in [0, 0.05) is 39.0 Å². The van der Waals surface area contributed by atoms with Gasteiger partial charge in [0.2, 0.25) is 5.03 Å². The van der Waals surface area contributed by atoms with Gasteiger partial charge in [-0.3, -0.25) is 4.68 Å². The van der Waals surface area contributed by atoms with Crippen LogP contribution in [-0.4, -0.2) is 39.7 Å². The maximum absolute atomic E-state index is 12.1. The smallest absolute Gasteiger partial charge is 0.260 e. The first-order valence-electron chi connectivity index (χ1n) is 5.43.